The van der Waals surface area contributed by atoms with E-state index in [9.17, 15) is 19.2 Å². The minimum absolute atomic E-state index is 0.0804. The molecule has 202 valence electrons. The van der Waals surface area contributed by atoms with Crippen LogP contribution in [0, 0.1) is 5.82 Å². The smallest absolute Gasteiger partial charge is 0.414 e. The highest BCUT2D eigenvalue weighted by Crippen LogP contribution is 2.28. The molecule has 0 spiro atoms. The highest BCUT2D eigenvalue weighted by atomic mass is 19.1. The molecular weight excluding hydrogens is 497 g/mol. The molecule has 38 heavy (non-hydrogen) atoms. The van der Waals surface area contributed by atoms with Crippen LogP contribution in [-0.2, 0) is 14.2 Å². The highest BCUT2D eigenvalue weighted by Gasteiger charge is 2.37. The van der Waals surface area contributed by atoms with Crippen molar-refractivity contribution in [2.45, 2.75) is 32.4 Å². The van der Waals surface area contributed by atoms with Crippen LogP contribution in [0.25, 0.3) is 0 Å². The second kappa shape index (κ2) is 11.1. The van der Waals surface area contributed by atoms with Crippen LogP contribution in [0.2, 0.25) is 0 Å². The molecule has 1 atom stereocenters. The van der Waals surface area contributed by atoms with Gasteiger partial charge in [-0.2, -0.15) is 0 Å². The van der Waals surface area contributed by atoms with Gasteiger partial charge in [0.2, 0.25) is 0 Å². The lowest BCUT2D eigenvalue weighted by molar-refractivity contribution is 0.0140. The number of carbonyl (C=O) groups is 4. The van der Waals surface area contributed by atoms with Crippen LogP contribution < -0.4 is 4.90 Å². The van der Waals surface area contributed by atoms with Crippen LogP contribution in [0.3, 0.4) is 0 Å². The lowest BCUT2D eigenvalue weighted by Crippen LogP contribution is -2.51. The Balaban J connectivity index is 1.38. The summed E-state index contributed by atoms with van der Waals surface area (Å²) in [6, 6.07) is 11.5. The van der Waals surface area contributed by atoms with Gasteiger partial charge >= 0.3 is 18.2 Å². The van der Waals surface area contributed by atoms with Crippen LogP contribution >= 0.6 is 0 Å². The number of hydrogen-bond donors (Lipinski definition) is 0. The second-order valence-electron chi connectivity index (χ2n) is 9.99. The Labute approximate surface area is 219 Å². The number of carbonyl (C=O) groups excluding carboxylic acids is 4. The van der Waals surface area contributed by atoms with Gasteiger partial charge in [0.15, 0.2) is 0 Å². The van der Waals surface area contributed by atoms with E-state index in [1.807, 2.05) is 0 Å². The van der Waals surface area contributed by atoms with Crippen molar-refractivity contribution in [3.8, 4) is 0 Å². The Bertz CT molecular complexity index is 1210. The first kappa shape index (κ1) is 26.9. The van der Waals surface area contributed by atoms with E-state index in [2.05, 4.69) is 0 Å². The molecule has 2 fully saturated rings. The third-order valence-electron chi connectivity index (χ3n) is 6.05. The van der Waals surface area contributed by atoms with E-state index < -0.39 is 41.5 Å². The summed E-state index contributed by atoms with van der Waals surface area (Å²) < 4.78 is 30.9. The van der Waals surface area contributed by atoms with E-state index in [1.54, 1.807) is 51.1 Å². The fourth-order valence-electron chi connectivity index (χ4n) is 4.14. The zero-order chi connectivity index (χ0) is 27.4. The van der Waals surface area contributed by atoms with Crippen LogP contribution in [-0.4, -0.2) is 84.9 Å². The predicted molar refractivity (Wildman–Crippen MR) is 134 cm³/mol. The maximum atomic E-state index is 15.2. The molecule has 0 aliphatic carbocycles. The maximum absolute atomic E-state index is 15.2. The SMILES string of the molecule is CC(C)(C)OC(=O)N1CCN(C(=O)c2ccc(N3C(=O)OC[C@H]3COC(=O)c3ccccc3)c(F)c2)CC1. The third kappa shape index (κ3) is 6.21. The predicted octanol–water partition coefficient (Wildman–Crippen LogP) is 3.70. The van der Waals surface area contributed by atoms with Crippen molar-refractivity contribution in [2.24, 2.45) is 0 Å². The van der Waals surface area contributed by atoms with Crippen molar-refractivity contribution in [1.29, 1.82) is 0 Å². The molecule has 0 saturated carbocycles. The molecule has 2 aromatic carbocycles. The van der Waals surface area contributed by atoms with Gasteiger partial charge in [0, 0.05) is 31.7 Å². The standard InChI is InChI=1S/C27H30FN3O7/c1-27(2,3)38-25(34)30-13-11-29(12-14-30)23(32)19-9-10-22(21(28)15-19)31-20(17-37-26(31)35)16-36-24(33)18-7-5-4-6-8-18/h4-10,15,20H,11-14,16-17H2,1-3H3/t20-/m1/s1. The average Bonchev–Trinajstić information content (AvgIpc) is 3.26. The molecule has 0 N–H and O–H groups in total. The van der Waals surface area contributed by atoms with Gasteiger partial charge in [0.05, 0.1) is 11.3 Å². The summed E-state index contributed by atoms with van der Waals surface area (Å²) in [4.78, 5) is 54.0. The molecule has 2 heterocycles. The molecular formula is C27H30FN3O7. The molecule has 2 aliphatic rings. The van der Waals surface area contributed by atoms with Gasteiger partial charge in [-0.3, -0.25) is 9.69 Å². The first-order valence-corrected chi connectivity index (χ1v) is 12.3. The van der Waals surface area contributed by atoms with E-state index in [0.717, 1.165) is 11.0 Å². The summed E-state index contributed by atoms with van der Waals surface area (Å²) in [5.41, 5.74) is -0.241. The number of halogens is 1. The molecule has 4 rings (SSSR count). The van der Waals surface area contributed by atoms with Gasteiger partial charge < -0.3 is 24.0 Å². The number of ether oxygens (including phenoxy) is 3. The van der Waals surface area contributed by atoms with Crippen molar-refractivity contribution < 1.29 is 37.8 Å². The summed E-state index contributed by atoms with van der Waals surface area (Å²) >= 11 is 0. The van der Waals surface area contributed by atoms with Crippen LogP contribution in [0.5, 0.6) is 0 Å². The van der Waals surface area contributed by atoms with E-state index in [-0.39, 0.29) is 37.6 Å². The normalized spacial score (nSPS) is 17.7. The number of esters is 1. The van der Waals surface area contributed by atoms with Crippen molar-refractivity contribution in [3.05, 3.63) is 65.5 Å². The summed E-state index contributed by atoms with van der Waals surface area (Å²) in [5.74, 6) is -1.75. The fraction of sp³-hybridized carbons (Fsp3) is 0.407. The van der Waals surface area contributed by atoms with Gasteiger partial charge in [-0.15, -0.1) is 0 Å². The Hall–Kier alpha value is -4.15. The number of benzene rings is 2. The van der Waals surface area contributed by atoms with Crippen molar-refractivity contribution in [3.63, 3.8) is 0 Å². The number of hydrogen-bond acceptors (Lipinski definition) is 7. The highest BCUT2D eigenvalue weighted by molar-refractivity contribution is 5.96. The van der Waals surface area contributed by atoms with Crippen LogP contribution in [0.15, 0.2) is 48.5 Å². The quantitative estimate of drug-likeness (QED) is 0.431. The number of nitrogens with zero attached hydrogens (tertiary/aromatic N) is 3. The topological polar surface area (TPSA) is 106 Å². The summed E-state index contributed by atoms with van der Waals surface area (Å²) in [6.45, 7) is 6.21. The molecule has 11 heteroatoms. The molecule has 0 aromatic heterocycles. The second-order valence-corrected chi connectivity index (χ2v) is 9.99. The molecule has 2 aromatic rings. The lowest BCUT2D eigenvalue weighted by Gasteiger charge is -2.35. The van der Waals surface area contributed by atoms with Gasteiger partial charge in [0.25, 0.3) is 5.91 Å². The van der Waals surface area contributed by atoms with Gasteiger partial charge in [-0.05, 0) is 51.1 Å². The number of anilines is 1. The molecule has 2 aliphatic heterocycles. The van der Waals surface area contributed by atoms with Crippen LogP contribution in [0.1, 0.15) is 41.5 Å². The molecule has 10 nitrogen and oxygen atoms in total. The van der Waals surface area contributed by atoms with Crippen molar-refractivity contribution >= 4 is 29.8 Å². The monoisotopic (exact) mass is 527 g/mol. The van der Waals surface area contributed by atoms with Gasteiger partial charge in [-0.1, -0.05) is 18.2 Å². The van der Waals surface area contributed by atoms with E-state index in [1.165, 1.54) is 21.9 Å². The Kier molecular flexibility index (Phi) is 7.84. The summed E-state index contributed by atoms with van der Waals surface area (Å²) in [7, 11) is 0. The molecule has 0 bridgehead atoms. The number of amides is 3. The van der Waals surface area contributed by atoms with Gasteiger partial charge in [-0.25, -0.2) is 18.8 Å². The maximum Gasteiger partial charge on any atom is 0.414 e. The molecule has 3 amide bonds. The minimum atomic E-state index is -0.790. The Morgan fingerprint density at radius 3 is 2.26 bits per heavy atom. The summed E-state index contributed by atoms with van der Waals surface area (Å²) in [6.07, 6.45) is -1.22. The number of rotatable bonds is 5. The Morgan fingerprint density at radius 1 is 0.974 bits per heavy atom. The molecule has 0 unspecified atom stereocenters. The van der Waals surface area contributed by atoms with Crippen molar-refractivity contribution in [2.75, 3.05) is 44.3 Å². The summed E-state index contributed by atoms with van der Waals surface area (Å²) in [5, 5.41) is 0. The fourth-order valence-corrected chi connectivity index (χ4v) is 4.14. The first-order chi connectivity index (χ1) is 18.0. The molecule has 2 saturated heterocycles. The first-order valence-electron chi connectivity index (χ1n) is 12.3. The van der Waals surface area contributed by atoms with E-state index >= 15 is 4.39 Å². The minimum Gasteiger partial charge on any atom is -0.460 e. The van der Waals surface area contributed by atoms with E-state index in [4.69, 9.17) is 14.2 Å². The lowest BCUT2D eigenvalue weighted by atomic mass is 10.1. The zero-order valence-electron chi connectivity index (χ0n) is 21.5. The molecule has 0 radical (unpaired) electrons. The van der Waals surface area contributed by atoms with Crippen LogP contribution in [0.4, 0.5) is 19.7 Å². The largest absolute Gasteiger partial charge is 0.460 e. The van der Waals surface area contributed by atoms with Crippen molar-refractivity contribution in [1.82, 2.24) is 9.80 Å². The zero-order valence-corrected chi connectivity index (χ0v) is 21.5. The average molecular weight is 528 g/mol. The third-order valence-corrected chi connectivity index (χ3v) is 6.05. The van der Waals surface area contributed by atoms with E-state index in [0.29, 0.717) is 18.7 Å². The number of piperazine rings is 1. The number of cyclic esters (lactones) is 1. The Morgan fingerprint density at radius 2 is 1.63 bits per heavy atom. The van der Waals surface area contributed by atoms with Gasteiger partial charge in [0.1, 0.15) is 30.7 Å².